The van der Waals surface area contributed by atoms with Crippen LogP contribution in [-0.4, -0.2) is 26.7 Å². The first-order chi connectivity index (χ1) is 10.7. The molecule has 0 aliphatic heterocycles. The standard InChI is InChI=1S/C17H19NO4/c1-20-15-5-3-13(11-16(15)21-2)4-6-17(19)18-9-7-14-8-10-22-12-14/h3-6,8,10-12H,7,9H2,1-2H3,(H,18,19)/b6-4+. The van der Waals surface area contributed by atoms with Gasteiger partial charge in [-0.1, -0.05) is 6.07 Å². The Bertz CT molecular complexity index is 632. The van der Waals surface area contributed by atoms with Crippen molar-refractivity contribution >= 4 is 12.0 Å². The quantitative estimate of drug-likeness (QED) is 0.799. The van der Waals surface area contributed by atoms with Crippen LogP contribution >= 0.6 is 0 Å². The summed E-state index contributed by atoms with van der Waals surface area (Å²) in [6.45, 7) is 0.564. The second-order valence-electron chi connectivity index (χ2n) is 4.62. The number of methoxy groups -OCH3 is 2. The molecular weight excluding hydrogens is 282 g/mol. The number of rotatable bonds is 7. The molecule has 0 aliphatic rings. The van der Waals surface area contributed by atoms with Crippen LogP contribution in [0.25, 0.3) is 6.08 Å². The summed E-state index contributed by atoms with van der Waals surface area (Å²) >= 11 is 0. The minimum absolute atomic E-state index is 0.140. The molecule has 2 aromatic rings. The molecule has 5 nitrogen and oxygen atoms in total. The van der Waals surface area contributed by atoms with Crippen LogP contribution in [0.1, 0.15) is 11.1 Å². The number of carbonyl (C=O) groups excluding carboxylic acids is 1. The molecule has 1 heterocycles. The number of furan rings is 1. The van der Waals surface area contributed by atoms with E-state index in [0.29, 0.717) is 18.0 Å². The van der Waals surface area contributed by atoms with Crippen molar-refractivity contribution < 1.29 is 18.7 Å². The summed E-state index contributed by atoms with van der Waals surface area (Å²) in [6, 6.07) is 7.35. The normalized spacial score (nSPS) is 10.6. The van der Waals surface area contributed by atoms with Crippen molar-refractivity contribution in [2.24, 2.45) is 0 Å². The molecule has 0 radical (unpaired) electrons. The van der Waals surface area contributed by atoms with E-state index in [2.05, 4.69) is 5.32 Å². The van der Waals surface area contributed by atoms with E-state index in [-0.39, 0.29) is 5.91 Å². The zero-order valence-electron chi connectivity index (χ0n) is 12.7. The highest BCUT2D eigenvalue weighted by Gasteiger charge is 2.03. The van der Waals surface area contributed by atoms with Crippen LogP contribution in [0.5, 0.6) is 11.5 Å². The Labute approximate surface area is 129 Å². The number of hydrogen-bond donors (Lipinski definition) is 1. The van der Waals surface area contributed by atoms with E-state index in [1.54, 1.807) is 38.9 Å². The van der Waals surface area contributed by atoms with Gasteiger partial charge in [-0.3, -0.25) is 4.79 Å². The first kappa shape index (κ1) is 15.7. The topological polar surface area (TPSA) is 60.7 Å². The third-order valence-electron chi connectivity index (χ3n) is 3.13. The lowest BCUT2D eigenvalue weighted by Crippen LogP contribution is -2.23. The van der Waals surface area contributed by atoms with Crippen LogP contribution in [0.3, 0.4) is 0 Å². The molecule has 0 bridgehead atoms. The molecule has 0 spiro atoms. The molecule has 1 N–H and O–H groups in total. The molecular formula is C17H19NO4. The molecule has 0 unspecified atom stereocenters. The first-order valence-corrected chi connectivity index (χ1v) is 6.92. The Balaban J connectivity index is 1.86. The Morgan fingerprint density at radius 1 is 1.23 bits per heavy atom. The lowest BCUT2D eigenvalue weighted by Gasteiger charge is -2.07. The minimum Gasteiger partial charge on any atom is -0.493 e. The maximum absolute atomic E-state index is 11.7. The molecule has 1 aromatic heterocycles. The van der Waals surface area contributed by atoms with Gasteiger partial charge >= 0.3 is 0 Å². The molecule has 1 amide bonds. The van der Waals surface area contributed by atoms with E-state index < -0.39 is 0 Å². The summed E-state index contributed by atoms with van der Waals surface area (Å²) in [5.74, 6) is 1.15. The van der Waals surface area contributed by atoms with Gasteiger partial charge in [-0.15, -0.1) is 0 Å². The number of carbonyl (C=O) groups is 1. The van der Waals surface area contributed by atoms with Gasteiger partial charge in [-0.2, -0.15) is 0 Å². The summed E-state index contributed by atoms with van der Waals surface area (Å²) in [5, 5.41) is 2.82. The summed E-state index contributed by atoms with van der Waals surface area (Å²) in [5.41, 5.74) is 1.92. The van der Waals surface area contributed by atoms with Gasteiger partial charge in [0.2, 0.25) is 5.91 Å². The van der Waals surface area contributed by atoms with Crippen molar-refractivity contribution in [3.63, 3.8) is 0 Å². The van der Waals surface area contributed by atoms with Crippen LogP contribution in [0.2, 0.25) is 0 Å². The van der Waals surface area contributed by atoms with Crippen molar-refractivity contribution in [2.75, 3.05) is 20.8 Å². The molecule has 2 rings (SSSR count). The fourth-order valence-electron chi connectivity index (χ4n) is 1.95. The highest BCUT2D eigenvalue weighted by molar-refractivity contribution is 5.91. The van der Waals surface area contributed by atoms with Crippen molar-refractivity contribution in [1.29, 1.82) is 0 Å². The van der Waals surface area contributed by atoms with Crippen molar-refractivity contribution in [3.8, 4) is 11.5 Å². The molecule has 22 heavy (non-hydrogen) atoms. The fourth-order valence-corrected chi connectivity index (χ4v) is 1.95. The highest BCUT2D eigenvalue weighted by Crippen LogP contribution is 2.27. The zero-order chi connectivity index (χ0) is 15.8. The minimum atomic E-state index is -0.140. The van der Waals surface area contributed by atoms with Gasteiger partial charge in [-0.25, -0.2) is 0 Å². The van der Waals surface area contributed by atoms with Crippen LogP contribution in [0, 0.1) is 0 Å². The average Bonchev–Trinajstić information content (AvgIpc) is 3.06. The van der Waals surface area contributed by atoms with E-state index in [1.165, 1.54) is 6.08 Å². The summed E-state index contributed by atoms with van der Waals surface area (Å²) in [4.78, 5) is 11.7. The first-order valence-electron chi connectivity index (χ1n) is 6.92. The predicted molar refractivity (Wildman–Crippen MR) is 84.0 cm³/mol. The van der Waals surface area contributed by atoms with Crippen LogP contribution in [0.15, 0.2) is 47.3 Å². The second kappa shape index (κ2) is 7.93. The Morgan fingerprint density at radius 3 is 2.73 bits per heavy atom. The lowest BCUT2D eigenvalue weighted by molar-refractivity contribution is -0.116. The third-order valence-corrected chi connectivity index (χ3v) is 3.13. The van der Waals surface area contributed by atoms with Gasteiger partial charge in [-0.05, 0) is 41.8 Å². The second-order valence-corrected chi connectivity index (χ2v) is 4.62. The Morgan fingerprint density at radius 2 is 2.05 bits per heavy atom. The number of amides is 1. The van der Waals surface area contributed by atoms with E-state index >= 15 is 0 Å². The van der Waals surface area contributed by atoms with Crippen molar-refractivity contribution in [1.82, 2.24) is 5.32 Å². The Hall–Kier alpha value is -2.69. The van der Waals surface area contributed by atoms with Crippen LogP contribution < -0.4 is 14.8 Å². The number of ether oxygens (including phenoxy) is 2. The molecule has 5 heteroatoms. The van der Waals surface area contributed by atoms with Crippen molar-refractivity contribution in [2.45, 2.75) is 6.42 Å². The van der Waals surface area contributed by atoms with Gasteiger partial charge in [0.1, 0.15) is 0 Å². The zero-order valence-corrected chi connectivity index (χ0v) is 12.7. The van der Waals surface area contributed by atoms with E-state index in [1.807, 2.05) is 18.2 Å². The maximum atomic E-state index is 11.7. The van der Waals surface area contributed by atoms with Crippen molar-refractivity contribution in [3.05, 3.63) is 54.0 Å². The van der Waals surface area contributed by atoms with E-state index in [9.17, 15) is 4.79 Å². The SMILES string of the molecule is COc1ccc(/C=C/C(=O)NCCc2ccoc2)cc1OC. The lowest BCUT2D eigenvalue weighted by atomic mass is 10.2. The van der Waals surface area contributed by atoms with E-state index in [4.69, 9.17) is 13.9 Å². The van der Waals surface area contributed by atoms with Gasteiger partial charge in [0.25, 0.3) is 0 Å². The molecule has 0 saturated carbocycles. The monoisotopic (exact) mass is 301 g/mol. The summed E-state index contributed by atoms with van der Waals surface area (Å²) < 4.78 is 15.4. The van der Waals surface area contributed by atoms with Crippen LogP contribution in [-0.2, 0) is 11.2 Å². The van der Waals surface area contributed by atoms with Gasteiger partial charge in [0.15, 0.2) is 11.5 Å². The number of hydrogen-bond acceptors (Lipinski definition) is 4. The summed E-state index contributed by atoms with van der Waals surface area (Å²) in [7, 11) is 3.16. The highest BCUT2D eigenvalue weighted by atomic mass is 16.5. The third kappa shape index (κ3) is 4.41. The maximum Gasteiger partial charge on any atom is 0.244 e. The molecule has 0 saturated heterocycles. The van der Waals surface area contributed by atoms with E-state index in [0.717, 1.165) is 17.5 Å². The molecule has 1 aromatic carbocycles. The molecule has 0 atom stereocenters. The average molecular weight is 301 g/mol. The van der Waals surface area contributed by atoms with Gasteiger partial charge in [0, 0.05) is 12.6 Å². The largest absolute Gasteiger partial charge is 0.493 e. The van der Waals surface area contributed by atoms with Gasteiger partial charge in [0.05, 0.1) is 26.7 Å². The summed E-state index contributed by atoms with van der Waals surface area (Å²) in [6.07, 6.45) is 7.26. The predicted octanol–water partition coefficient (Wildman–Crippen LogP) is 2.67. The molecule has 0 fully saturated rings. The smallest absolute Gasteiger partial charge is 0.244 e. The fraction of sp³-hybridized carbons (Fsp3) is 0.235. The number of benzene rings is 1. The van der Waals surface area contributed by atoms with Crippen LogP contribution in [0.4, 0.5) is 0 Å². The van der Waals surface area contributed by atoms with Gasteiger partial charge < -0.3 is 19.2 Å². The molecule has 0 aliphatic carbocycles. The Kier molecular flexibility index (Phi) is 5.65. The number of nitrogens with one attached hydrogen (secondary N) is 1. The molecule has 116 valence electrons.